The van der Waals surface area contributed by atoms with Crippen LogP contribution in [-0.4, -0.2) is 43.4 Å². The molecule has 1 fully saturated rings. The SMILES string of the molecule is Cc1nc(N2CCOCC2)sc1C(=O)N/N=C\c1ccc(-c2ccccc2)s1. The van der Waals surface area contributed by atoms with Crippen LogP contribution in [0.4, 0.5) is 5.13 Å². The molecular weight excluding hydrogens is 392 g/mol. The Morgan fingerprint density at radius 1 is 1.18 bits per heavy atom. The summed E-state index contributed by atoms with van der Waals surface area (Å²) in [5.74, 6) is -0.231. The Labute approximate surface area is 171 Å². The molecule has 0 radical (unpaired) electrons. The van der Waals surface area contributed by atoms with Gasteiger partial charge in [-0.2, -0.15) is 5.10 Å². The molecule has 1 aromatic carbocycles. The van der Waals surface area contributed by atoms with Gasteiger partial charge in [0.2, 0.25) is 0 Å². The van der Waals surface area contributed by atoms with Crippen molar-refractivity contribution in [2.45, 2.75) is 6.92 Å². The maximum absolute atomic E-state index is 12.5. The van der Waals surface area contributed by atoms with Crippen LogP contribution in [-0.2, 0) is 4.74 Å². The minimum Gasteiger partial charge on any atom is -0.378 e. The standard InChI is InChI=1S/C20H20N4O2S2/c1-14-18(28-20(22-14)24-9-11-26-12-10-24)19(25)23-21-13-16-7-8-17(27-16)15-5-3-2-4-6-15/h2-8,13H,9-12H2,1H3,(H,23,25)/b21-13-. The van der Waals surface area contributed by atoms with Crippen molar-refractivity contribution in [3.05, 3.63) is 57.9 Å². The van der Waals surface area contributed by atoms with Gasteiger partial charge in [-0.25, -0.2) is 10.4 Å². The van der Waals surface area contributed by atoms with Crippen LogP contribution in [0.1, 0.15) is 20.2 Å². The first-order chi connectivity index (χ1) is 13.7. The third-order valence-corrected chi connectivity index (χ3v) is 6.60. The van der Waals surface area contributed by atoms with Crippen LogP contribution in [0.15, 0.2) is 47.6 Å². The fourth-order valence-corrected chi connectivity index (χ4v) is 4.76. The van der Waals surface area contributed by atoms with Crippen molar-refractivity contribution in [3.8, 4) is 10.4 Å². The third kappa shape index (κ3) is 4.30. The van der Waals surface area contributed by atoms with Gasteiger partial charge in [-0.3, -0.25) is 4.79 Å². The summed E-state index contributed by atoms with van der Waals surface area (Å²) >= 11 is 3.03. The molecule has 1 aliphatic rings. The number of aryl methyl sites for hydroxylation is 1. The van der Waals surface area contributed by atoms with Gasteiger partial charge in [0.15, 0.2) is 5.13 Å². The molecule has 1 saturated heterocycles. The normalized spacial score (nSPS) is 14.5. The zero-order chi connectivity index (χ0) is 19.3. The van der Waals surface area contributed by atoms with Crippen LogP contribution in [0.2, 0.25) is 0 Å². The molecule has 3 heterocycles. The number of anilines is 1. The molecule has 1 aliphatic heterocycles. The molecule has 144 valence electrons. The Hall–Kier alpha value is -2.55. The highest BCUT2D eigenvalue weighted by molar-refractivity contribution is 7.17. The molecule has 2 aromatic heterocycles. The first-order valence-corrected chi connectivity index (χ1v) is 10.6. The van der Waals surface area contributed by atoms with E-state index in [0.717, 1.165) is 28.8 Å². The average molecular weight is 413 g/mol. The van der Waals surface area contributed by atoms with Crippen molar-refractivity contribution < 1.29 is 9.53 Å². The van der Waals surface area contributed by atoms with E-state index >= 15 is 0 Å². The predicted molar refractivity (Wildman–Crippen MR) is 115 cm³/mol. The van der Waals surface area contributed by atoms with E-state index in [-0.39, 0.29) is 5.91 Å². The van der Waals surface area contributed by atoms with Crippen LogP contribution < -0.4 is 10.3 Å². The molecule has 0 saturated carbocycles. The van der Waals surface area contributed by atoms with Crippen molar-refractivity contribution in [2.24, 2.45) is 5.10 Å². The highest BCUT2D eigenvalue weighted by Gasteiger charge is 2.20. The molecule has 28 heavy (non-hydrogen) atoms. The van der Waals surface area contributed by atoms with Gasteiger partial charge in [0.25, 0.3) is 5.91 Å². The Morgan fingerprint density at radius 2 is 1.96 bits per heavy atom. The van der Waals surface area contributed by atoms with E-state index in [4.69, 9.17) is 4.74 Å². The summed E-state index contributed by atoms with van der Waals surface area (Å²) < 4.78 is 5.37. The number of hydrogen-bond donors (Lipinski definition) is 1. The molecule has 8 heteroatoms. The lowest BCUT2D eigenvalue weighted by atomic mass is 10.2. The number of nitrogens with zero attached hydrogens (tertiary/aromatic N) is 3. The van der Waals surface area contributed by atoms with E-state index in [9.17, 15) is 4.79 Å². The summed E-state index contributed by atoms with van der Waals surface area (Å²) in [7, 11) is 0. The number of hydrogen-bond acceptors (Lipinski definition) is 7. The summed E-state index contributed by atoms with van der Waals surface area (Å²) in [4.78, 5) is 21.9. The second-order valence-corrected chi connectivity index (χ2v) is 8.37. The fourth-order valence-electron chi connectivity index (χ4n) is 2.87. The van der Waals surface area contributed by atoms with Crippen LogP contribution in [0.3, 0.4) is 0 Å². The van der Waals surface area contributed by atoms with Crippen LogP contribution >= 0.6 is 22.7 Å². The first kappa shape index (κ1) is 18.8. The quantitative estimate of drug-likeness (QED) is 0.512. The van der Waals surface area contributed by atoms with Gasteiger partial charge >= 0.3 is 0 Å². The number of aromatic nitrogens is 1. The Balaban J connectivity index is 1.39. The van der Waals surface area contributed by atoms with Gasteiger partial charge in [-0.1, -0.05) is 41.7 Å². The minimum atomic E-state index is -0.231. The van der Waals surface area contributed by atoms with E-state index in [1.807, 2.05) is 31.2 Å². The molecule has 6 nitrogen and oxygen atoms in total. The predicted octanol–water partition coefficient (Wildman–Crippen LogP) is 3.78. The molecule has 1 amide bonds. The smallest absolute Gasteiger partial charge is 0.283 e. The number of carbonyl (C=O) groups excluding carboxylic acids is 1. The van der Waals surface area contributed by atoms with Crippen molar-refractivity contribution in [2.75, 3.05) is 31.2 Å². The maximum Gasteiger partial charge on any atom is 0.283 e. The Kier molecular flexibility index (Phi) is 5.80. The number of morpholine rings is 1. The van der Waals surface area contributed by atoms with E-state index < -0.39 is 0 Å². The lowest BCUT2D eigenvalue weighted by Crippen LogP contribution is -2.36. The van der Waals surface area contributed by atoms with Gasteiger partial charge in [0.05, 0.1) is 25.1 Å². The molecule has 4 rings (SSSR count). The van der Waals surface area contributed by atoms with Crippen LogP contribution in [0.5, 0.6) is 0 Å². The zero-order valence-electron chi connectivity index (χ0n) is 15.4. The number of carbonyl (C=O) groups is 1. The van der Waals surface area contributed by atoms with Gasteiger partial charge < -0.3 is 9.64 Å². The second-order valence-electron chi connectivity index (χ2n) is 6.28. The number of rotatable bonds is 5. The highest BCUT2D eigenvalue weighted by atomic mass is 32.1. The Morgan fingerprint density at radius 3 is 2.75 bits per heavy atom. The van der Waals surface area contributed by atoms with Crippen molar-refractivity contribution >= 4 is 39.9 Å². The van der Waals surface area contributed by atoms with Crippen molar-refractivity contribution in [3.63, 3.8) is 0 Å². The topological polar surface area (TPSA) is 66.8 Å². The van der Waals surface area contributed by atoms with Crippen molar-refractivity contribution in [1.29, 1.82) is 0 Å². The lowest BCUT2D eigenvalue weighted by molar-refractivity contribution is 0.0958. The van der Waals surface area contributed by atoms with Crippen LogP contribution in [0, 0.1) is 6.92 Å². The largest absolute Gasteiger partial charge is 0.378 e. The number of ether oxygens (including phenoxy) is 1. The molecule has 1 N–H and O–H groups in total. The summed E-state index contributed by atoms with van der Waals surface area (Å²) in [6, 6.07) is 14.3. The van der Waals surface area contributed by atoms with E-state index in [1.165, 1.54) is 21.8 Å². The van der Waals surface area contributed by atoms with Gasteiger partial charge in [0.1, 0.15) is 4.88 Å². The van der Waals surface area contributed by atoms with Gasteiger partial charge in [-0.05, 0) is 24.6 Å². The monoisotopic (exact) mass is 412 g/mol. The molecule has 0 bridgehead atoms. The summed E-state index contributed by atoms with van der Waals surface area (Å²) in [5.41, 5.74) is 4.51. The third-order valence-electron chi connectivity index (χ3n) is 4.32. The average Bonchev–Trinajstić information content (AvgIpc) is 3.36. The summed E-state index contributed by atoms with van der Waals surface area (Å²) in [5, 5.41) is 4.98. The number of benzene rings is 1. The summed E-state index contributed by atoms with van der Waals surface area (Å²) in [6.45, 7) is 4.83. The molecule has 3 aromatic rings. The number of thiazole rings is 1. The van der Waals surface area contributed by atoms with Gasteiger partial charge in [0, 0.05) is 22.8 Å². The summed E-state index contributed by atoms with van der Waals surface area (Å²) in [6.07, 6.45) is 1.67. The lowest BCUT2D eigenvalue weighted by Gasteiger charge is -2.25. The molecule has 0 spiro atoms. The maximum atomic E-state index is 12.5. The first-order valence-electron chi connectivity index (χ1n) is 8.99. The fraction of sp³-hybridized carbons (Fsp3) is 0.250. The number of nitrogens with one attached hydrogen (secondary N) is 1. The second kappa shape index (κ2) is 8.64. The Bertz CT molecular complexity index is 975. The molecule has 0 aliphatic carbocycles. The zero-order valence-corrected chi connectivity index (χ0v) is 17.1. The van der Waals surface area contributed by atoms with E-state index in [2.05, 4.69) is 38.6 Å². The minimum absolute atomic E-state index is 0.231. The molecular formula is C20H20N4O2S2. The number of amides is 1. The molecule has 0 unspecified atom stereocenters. The number of thiophene rings is 1. The highest BCUT2D eigenvalue weighted by Crippen LogP contribution is 2.28. The van der Waals surface area contributed by atoms with E-state index in [1.54, 1.807) is 17.6 Å². The van der Waals surface area contributed by atoms with Crippen LogP contribution in [0.25, 0.3) is 10.4 Å². The van der Waals surface area contributed by atoms with Crippen molar-refractivity contribution in [1.82, 2.24) is 10.4 Å². The van der Waals surface area contributed by atoms with E-state index in [0.29, 0.717) is 18.1 Å². The van der Waals surface area contributed by atoms with Gasteiger partial charge in [-0.15, -0.1) is 11.3 Å². The molecule has 0 atom stereocenters. The number of hydrazone groups is 1.